The lowest BCUT2D eigenvalue weighted by Gasteiger charge is -2.37. The molecule has 3 aromatic heterocycles. The topological polar surface area (TPSA) is 98.5 Å². The second kappa shape index (κ2) is 6.41. The molecule has 31 heavy (non-hydrogen) atoms. The van der Waals surface area contributed by atoms with Crippen molar-refractivity contribution in [1.29, 1.82) is 0 Å². The van der Waals surface area contributed by atoms with Gasteiger partial charge in [-0.25, -0.2) is 14.2 Å². The summed E-state index contributed by atoms with van der Waals surface area (Å²) in [5.41, 5.74) is -0.204. The fourth-order valence-corrected chi connectivity index (χ4v) is 4.34. The number of hydrogen-bond donors (Lipinski definition) is 1. The molecular weight excluding hydrogens is 403 g/mol. The first-order valence-electron chi connectivity index (χ1n) is 9.80. The average Bonchev–Trinajstić information content (AvgIpc) is 3.36. The molecule has 0 radical (unpaired) electrons. The standard InChI is InChI=1S/C23H19FN2O5/c1-23(2,3)16-7-13-11-5-4-6-12(15-8-25-10-30-15)20(11)31-21(13)18-17(24)19(27)14(22(28)29)9-26(16)18/h4-6,8-10,16H,7H2,1-3H3,(H,28,29). The zero-order chi connectivity index (χ0) is 22.1. The number of benzene rings is 1. The number of carboxylic acids is 1. The Morgan fingerprint density at radius 3 is 2.74 bits per heavy atom. The summed E-state index contributed by atoms with van der Waals surface area (Å²) in [6, 6.07) is 5.26. The quantitative estimate of drug-likeness (QED) is 0.493. The highest BCUT2D eigenvalue weighted by Crippen LogP contribution is 2.48. The monoisotopic (exact) mass is 422 g/mol. The smallest absolute Gasteiger partial charge is 0.341 e. The molecular formula is C23H19FN2O5. The molecule has 0 amide bonds. The summed E-state index contributed by atoms with van der Waals surface area (Å²) < 4.78 is 28.5. The summed E-state index contributed by atoms with van der Waals surface area (Å²) in [6.07, 6.45) is 4.59. The highest BCUT2D eigenvalue weighted by atomic mass is 19.1. The highest BCUT2D eigenvalue weighted by molar-refractivity contribution is 5.97. The van der Waals surface area contributed by atoms with Crippen molar-refractivity contribution < 1.29 is 23.1 Å². The maximum absolute atomic E-state index is 15.4. The molecule has 8 heteroatoms. The van der Waals surface area contributed by atoms with Crippen LogP contribution in [0.5, 0.6) is 0 Å². The van der Waals surface area contributed by atoms with Gasteiger partial charge in [0, 0.05) is 23.2 Å². The third-order valence-electron chi connectivity index (χ3n) is 5.87. The van der Waals surface area contributed by atoms with E-state index in [2.05, 4.69) is 4.98 Å². The second-order valence-corrected chi connectivity index (χ2v) is 8.79. The lowest BCUT2D eigenvalue weighted by Crippen LogP contribution is -2.34. The molecule has 1 atom stereocenters. The summed E-state index contributed by atoms with van der Waals surface area (Å²) in [6.45, 7) is 5.97. The average molecular weight is 422 g/mol. The lowest BCUT2D eigenvalue weighted by molar-refractivity contribution is 0.0692. The van der Waals surface area contributed by atoms with Crippen molar-refractivity contribution in [3.63, 3.8) is 0 Å². The molecule has 158 valence electrons. The van der Waals surface area contributed by atoms with E-state index in [4.69, 9.17) is 8.83 Å². The van der Waals surface area contributed by atoms with Gasteiger partial charge >= 0.3 is 5.97 Å². The molecule has 4 aromatic rings. The second-order valence-electron chi connectivity index (χ2n) is 8.79. The van der Waals surface area contributed by atoms with E-state index in [1.54, 1.807) is 10.8 Å². The minimum Gasteiger partial charge on any atom is -0.477 e. The van der Waals surface area contributed by atoms with E-state index in [0.29, 0.717) is 23.3 Å². The van der Waals surface area contributed by atoms with Crippen LogP contribution in [0.1, 0.15) is 42.7 Å². The molecule has 5 rings (SSSR count). The van der Waals surface area contributed by atoms with Crippen molar-refractivity contribution in [2.24, 2.45) is 5.41 Å². The minimum atomic E-state index is -1.46. The zero-order valence-corrected chi connectivity index (χ0v) is 17.1. The largest absolute Gasteiger partial charge is 0.477 e. The number of furan rings is 1. The molecule has 1 unspecified atom stereocenters. The maximum Gasteiger partial charge on any atom is 0.341 e. The molecule has 0 fully saturated rings. The number of halogens is 1. The van der Waals surface area contributed by atoms with Gasteiger partial charge in [0.2, 0.25) is 5.43 Å². The Bertz CT molecular complexity index is 1410. The van der Waals surface area contributed by atoms with Gasteiger partial charge < -0.3 is 18.5 Å². The number of oxazole rings is 1. The number of aromatic carboxylic acids is 1. The van der Waals surface area contributed by atoms with Gasteiger partial charge in [-0.3, -0.25) is 4.79 Å². The van der Waals surface area contributed by atoms with E-state index >= 15 is 4.39 Å². The SMILES string of the molecule is CC(C)(C)C1Cc2c(oc3c(-c4cnco4)cccc23)-c2c(F)c(=O)c(C(=O)O)cn21. The number of carbonyl (C=O) groups is 1. The van der Waals surface area contributed by atoms with Gasteiger partial charge in [-0.2, -0.15) is 0 Å². The van der Waals surface area contributed by atoms with Gasteiger partial charge in [0.25, 0.3) is 0 Å². The molecule has 0 bridgehead atoms. The normalized spacial score (nSPS) is 15.7. The molecule has 0 spiro atoms. The summed E-state index contributed by atoms with van der Waals surface area (Å²) in [7, 11) is 0. The van der Waals surface area contributed by atoms with E-state index in [-0.39, 0.29) is 22.9 Å². The minimum absolute atomic E-state index is 0.0316. The number of nitrogens with zero attached hydrogens (tertiary/aromatic N) is 2. The Labute approximate surface area is 175 Å². The summed E-state index contributed by atoms with van der Waals surface area (Å²) in [5.74, 6) is -1.86. The van der Waals surface area contributed by atoms with Crippen LogP contribution in [0.4, 0.5) is 4.39 Å². The van der Waals surface area contributed by atoms with Crippen LogP contribution in [0.25, 0.3) is 33.7 Å². The number of para-hydroxylation sites is 1. The van der Waals surface area contributed by atoms with Crippen LogP contribution >= 0.6 is 0 Å². The fraction of sp³-hybridized carbons (Fsp3) is 0.261. The van der Waals surface area contributed by atoms with Crippen molar-refractivity contribution in [2.75, 3.05) is 0 Å². The number of pyridine rings is 1. The molecule has 1 aliphatic rings. The Morgan fingerprint density at radius 1 is 1.32 bits per heavy atom. The predicted molar refractivity (Wildman–Crippen MR) is 111 cm³/mol. The molecule has 1 N–H and O–H groups in total. The van der Waals surface area contributed by atoms with Crippen molar-refractivity contribution in [3.05, 3.63) is 64.2 Å². The Kier molecular flexibility index (Phi) is 3.99. The van der Waals surface area contributed by atoms with Crippen LogP contribution in [0.15, 0.2) is 50.6 Å². The van der Waals surface area contributed by atoms with Crippen molar-refractivity contribution >= 4 is 16.9 Å². The Morgan fingerprint density at radius 2 is 2.10 bits per heavy atom. The number of fused-ring (bicyclic) bond motifs is 5. The number of carboxylic acid groups (broad SMARTS) is 1. The predicted octanol–water partition coefficient (Wildman–Crippen LogP) is 4.90. The number of rotatable bonds is 2. The van der Waals surface area contributed by atoms with Crippen LogP contribution < -0.4 is 5.43 Å². The van der Waals surface area contributed by atoms with E-state index in [9.17, 15) is 14.7 Å². The Hall–Kier alpha value is -3.68. The van der Waals surface area contributed by atoms with E-state index in [0.717, 1.165) is 10.9 Å². The van der Waals surface area contributed by atoms with Gasteiger partial charge in [-0.1, -0.05) is 32.9 Å². The van der Waals surface area contributed by atoms with Crippen LogP contribution in [-0.2, 0) is 6.42 Å². The zero-order valence-electron chi connectivity index (χ0n) is 17.1. The van der Waals surface area contributed by atoms with E-state index in [1.165, 1.54) is 12.6 Å². The Balaban J connectivity index is 1.88. The van der Waals surface area contributed by atoms with Gasteiger partial charge in [-0.05, 0) is 17.9 Å². The van der Waals surface area contributed by atoms with Crippen molar-refractivity contribution in [2.45, 2.75) is 33.2 Å². The molecule has 1 aromatic carbocycles. The van der Waals surface area contributed by atoms with E-state index < -0.39 is 22.8 Å². The van der Waals surface area contributed by atoms with Crippen LogP contribution in [0.3, 0.4) is 0 Å². The van der Waals surface area contributed by atoms with Crippen molar-refractivity contribution in [1.82, 2.24) is 9.55 Å². The molecule has 7 nitrogen and oxygen atoms in total. The number of aromatic nitrogens is 2. The number of hydrogen-bond acceptors (Lipinski definition) is 5. The van der Waals surface area contributed by atoms with Gasteiger partial charge in [0.05, 0.1) is 11.8 Å². The summed E-state index contributed by atoms with van der Waals surface area (Å²) in [4.78, 5) is 28.0. The molecule has 0 saturated carbocycles. The first-order valence-corrected chi connectivity index (χ1v) is 9.80. The van der Waals surface area contributed by atoms with Gasteiger partial charge in [0.1, 0.15) is 16.8 Å². The van der Waals surface area contributed by atoms with Gasteiger partial charge in [0.15, 0.2) is 23.7 Å². The maximum atomic E-state index is 15.4. The third kappa shape index (κ3) is 2.74. The summed E-state index contributed by atoms with van der Waals surface area (Å²) >= 11 is 0. The molecule has 0 saturated heterocycles. The van der Waals surface area contributed by atoms with Crippen LogP contribution in [-0.4, -0.2) is 20.6 Å². The first-order chi connectivity index (χ1) is 14.7. The van der Waals surface area contributed by atoms with E-state index in [1.807, 2.05) is 39.0 Å². The lowest BCUT2D eigenvalue weighted by atomic mass is 9.79. The third-order valence-corrected chi connectivity index (χ3v) is 5.87. The van der Waals surface area contributed by atoms with Crippen LogP contribution in [0, 0.1) is 11.2 Å². The van der Waals surface area contributed by atoms with Crippen molar-refractivity contribution in [3.8, 4) is 22.8 Å². The molecule has 1 aliphatic heterocycles. The summed E-state index contributed by atoms with van der Waals surface area (Å²) in [5, 5.41) is 10.2. The fourth-order valence-electron chi connectivity index (χ4n) is 4.34. The highest BCUT2D eigenvalue weighted by Gasteiger charge is 2.39. The first kappa shape index (κ1) is 19.3. The molecule has 0 aliphatic carbocycles. The van der Waals surface area contributed by atoms with Crippen LogP contribution in [0.2, 0.25) is 0 Å². The van der Waals surface area contributed by atoms with Gasteiger partial charge in [-0.15, -0.1) is 0 Å². The molecule has 4 heterocycles.